The number of H-pyrrole nitrogens is 1. The second-order valence-corrected chi connectivity index (χ2v) is 6.20. The van der Waals surface area contributed by atoms with Crippen LogP contribution in [0.5, 0.6) is 0 Å². The molecule has 0 fully saturated rings. The predicted octanol–water partition coefficient (Wildman–Crippen LogP) is 4.93. The molecule has 0 atom stereocenters. The Morgan fingerprint density at radius 2 is 1.77 bits per heavy atom. The number of ether oxygens (including phenoxy) is 1. The molecule has 0 aliphatic rings. The Morgan fingerprint density at radius 1 is 1.08 bits per heavy atom. The van der Waals surface area contributed by atoms with Gasteiger partial charge in [-0.3, -0.25) is 4.79 Å². The minimum Gasteiger partial charge on any atom is -0.463 e. The van der Waals surface area contributed by atoms with Crippen molar-refractivity contribution in [2.24, 2.45) is 0 Å². The summed E-state index contributed by atoms with van der Waals surface area (Å²) >= 11 is 12.0. The molecule has 26 heavy (non-hydrogen) atoms. The highest BCUT2D eigenvalue weighted by molar-refractivity contribution is 6.44. The number of anilines is 1. The van der Waals surface area contributed by atoms with Gasteiger partial charge in [0.15, 0.2) is 0 Å². The number of aromatic nitrogens is 1. The normalized spacial score (nSPS) is 10.6. The number of hydrogen-bond acceptors (Lipinski definition) is 4. The second kappa shape index (κ2) is 7.27. The summed E-state index contributed by atoms with van der Waals surface area (Å²) in [6, 6.07) is 10.1. The van der Waals surface area contributed by atoms with Gasteiger partial charge in [0, 0.05) is 16.9 Å². The lowest BCUT2D eigenvalue weighted by Gasteiger charge is -2.05. The first-order valence-electron chi connectivity index (χ1n) is 7.54. The quantitative estimate of drug-likeness (QED) is 0.616. The largest absolute Gasteiger partial charge is 0.463 e. The standard InChI is InChI=1S/C18H14Cl2N2O4/c1-9-14(19)15(20)16(21-9)17(23)22-11-5-3-10(4-6-11)12-7-8-13(26-12)18(24)25-2/h3-8,21H,1-2H3,(H,22,23). The number of aryl methyl sites for hydroxylation is 1. The average Bonchev–Trinajstić information content (AvgIpc) is 3.23. The molecule has 6 nitrogen and oxygen atoms in total. The molecule has 0 unspecified atom stereocenters. The minimum absolute atomic E-state index is 0.119. The molecule has 0 saturated heterocycles. The zero-order valence-corrected chi connectivity index (χ0v) is 15.4. The van der Waals surface area contributed by atoms with E-state index in [4.69, 9.17) is 27.6 Å². The number of aromatic amines is 1. The molecule has 1 amide bonds. The van der Waals surface area contributed by atoms with Gasteiger partial charge in [0.05, 0.1) is 17.2 Å². The van der Waals surface area contributed by atoms with E-state index < -0.39 is 11.9 Å². The van der Waals surface area contributed by atoms with Crippen molar-refractivity contribution in [1.29, 1.82) is 0 Å². The topological polar surface area (TPSA) is 84.3 Å². The maximum atomic E-state index is 12.3. The van der Waals surface area contributed by atoms with Gasteiger partial charge in [0.25, 0.3) is 5.91 Å². The molecule has 2 N–H and O–H groups in total. The van der Waals surface area contributed by atoms with Crippen molar-refractivity contribution >= 4 is 40.8 Å². The SMILES string of the molecule is COC(=O)c1ccc(-c2ccc(NC(=O)c3[nH]c(C)c(Cl)c3Cl)cc2)o1. The number of benzene rings is 1. The van der Waals surface area contributed by atoms with Crippen LogP contribution in [-0.4, -0.2) is 24.0 Å². The second-order valence-electron chi connectivity index (χ2n) is 5.44. The Morgan fingerprint density at radius 3 is 2.35 bits per heavy atom. The van der Waals surface area contributed by atoms with Crippen molar-refractivity contribution in [2.45, 2.75) is 6.92 Å². The van der Waals surface area contributed by atoms with Crippen molar-refractivity contribution in [2.75, 3.05) is 12.4 Å². The average molecular weight is 393 g/mol. The number of carbonyl (C=O) groups is 2. The van der Waals surface area contributed by atoms with Gasteiger partial charge in [-0.15, -0.1) is 0 Å². The molecule has 2 heterocycles. The molecular weight excluding hydrogens is 379 g/mol. The molecule has 0 radical (unpaired) electrons. The summed E-state index contributed by atoms with van der Waals surface area (Å²) in [6.45, 7) is 1.73. The van der Waals surface area contributed by atoms with Gasteiger partial charge in [-0.25, -0.2) is 4.79 Å². The lowest BCUT2D eigenvalue weighted by molar-refractivity contribution is 0.0566. The van der Waals surface area contributed by atoms with Gasteiger partial charge in [-0.05, 0) is 43.3 Å². The molecular formula is C18H14Cl2N2O4. The van der Waals surface area contributed by atoms with Gasteiger partial charge >= 0.3 is 5.97 Å². The number of halogens is 2. The van der Waals surface area contributed by atoms with Crippen LogP contribution in [0.2, 0.25) is 10.0 Å². The van der Waals surface area contributed by atoms with Gasteiger partial charge in [-0.2, -0.15) is 0 Å². The zero-order valence-electron chi connectivity index (χ0n) is 13.9. The molecule has 2 aromatic heterocycles. The Balaban J connectivity index is 1.75. The third-order valence-corrected chi connectivity index (χ3v) is 4.65. The fourth-order valence-electron chi connectivity index (χ4n) is 2.34. The monoisotopic (exact) mass is 392 g/mol. The van der Waals surface area contributed by atoms with E-state index in [1.807, 2.05) is 0 Å². The maximum absolute atomic E-state index is 12.3. The summed E-state index contributed by atoms with van der Waals surface area (Å²) in [6.07, 6.45) is 0. The van der Waals surface area contributed by atoms with Crippen LogP contribution in [0.4, 0.5) is 5.69 Å². The molecule has 8 heteroatoms. The molecule has 0 spiro atoms. The van der Waals surface area contributed by atoms with Crippen molar-refractivity contribution < 1.29 is 18.7 Å². The van der Waals surface area contributed by atoms with Crippen LogP contribution < -0.4 is 5.32 Å². The molecule has 0 aliphatic carbocycles. The molecule has 3 aromatic rings. The number of furan rings is 1. The molecule has 0 bridgehead atoms. The van der Waals surface area contributed by atoms with Crippen molar-refractivity contribution in [1.82, 2.24) is 4.98 Å². The number of methoxy groups -OCH3 is 1. The Bertz CT molecular complexity index is 974. The maximum Gasteiger partial charge on any atom is 0.373 e. The van der Waals surface area contributed by atoms with Crippen molar-refractivity contribution in [3.8, 4) is 11.3 Å². The van der Waals surface area contributed by atoms with E-state index in [2.05, 4.69) is 15.0 Å². The van der Waals surface area contributed by atoms with Crippen LogP contribution in [0.3, 0.4) is 0 Å². The van der Waals surface area contributed by atoms with Gasteiger partial charge < -0.3 is 19.5 Å². The first-order chi connectivity index (χ1) is 12.4. The summed E-state index contributed by atoms with van der Waals surface area (Å²) in [5.41, 5.74) is 2.14. The van der Waals surface area contributed by atoms with Crippen LogP contribution in [0.15, 0.2) is 40.8 Å². The summed E-state index contributed by atoms with van der Waals surface area (Å²) in [5, 5.41) is 3.24. The van der Waals surface area contributed by atoms with E-state index in [1.165, 1.54) is 13.2 Å². The lowest BCUT2D eigenvalue weighted by Crippen LogP contribution is -2.12. The Hall–Kier alpha value is -2.70. The first kappa shape index (κ1) is 18.1. The van der Waals surface area contributed by atoms with Crippen molar-refractivity contribution in [3.63, 3.8) is 0 Å². The van der Waals surface area contributed by atoms with E-state index in [9.17, 15) is 9.59 Å². The third-order valence-electron chi connectivity index (χ3n) is 3.70. The Labute approximate surface area is 159 Å². The summed E-state index contributed by atoms with van der Waals surface area (Å²) in [7, 11) is 1.28. The van der Waals surface area contributed by atoms with Crippen molar-refractivity contribution in [3.05, 3.63) is 63.6 Å². The number of hydrogen-bond donors (Lipinski definition) is 2. The highest BCUT2D eigenvalue weighted by Crippen LogP contribution is 2.30. The van der Waals surface area contributed by atoms with E-state index in [0.29, 0.717) is 22.2 Å². The highest BCUT2D eigenvalue weighted by Gasteiger charge is 2.18. The smallest absolute Gasteiger partial charge is 0.373 e. The van der Waals surface area contributed by atoms with Gasteiger partial charge in [-0.1, -0.05) is 23.2 Å². The van der Waals surface area contributed by atoms with Crippen LogP contribution in [-0.2, 0) is 4.74 Å². The number of amides is 1. The fraction of sp³-hybridized carbons (Fsp3) is 0.111. The van der Waals surface area contributed by atoms with E-state index >= 15 is 0 Å². The van der Waals surface area contributed by atoms with Crippen LogP contribution >= 0.6 is 23.2 Å². The molecule has 0 aliphatic heterocycles. The molecule has 0 saturated carbocycles. The number of carbonyl (C=O) groups excluding carboxylic acids is 2. The number of nitrogens with one attached hydrogen (secondary N) is 2. The Kier molecular flexibility index (Phi) is 5.06. The lowest BCUT2D eigenvalue weighted by atomic mass is 10.1. The van der Waals surface area contributed by atoms with Crippen LogP contribution in [0, 0.1) is 6.92 Å². The van der Waals surface area contributed by atoms with E-state index in [0.717, 1.165) is 5.56 Å². The van der Waals surface area contributed by atoms with Gasteiger partial charge in [0.1, 0.15) is 11.5 Å². The van der Waals surface area contributed by atoms with E-state index in [1.54, 1.807) is 37.3 Å². The molecule has 134 valence electrons. The molecule has 3 rings (SSSR count). The zero-order chi connectivity index (χ0) is 18.8. The fourth-order valence-corrected chi connectivity index (χ4v) is 2.76. The van der Waals surface area contributed by atoms with Crippen LogP contribution in [0.25, 0.3) is 11.3 Å². The molecule has 1 aromatic carbocycles. The first-order valence-corrected chi connectivity index (χ1v) is 8.29. The summed E-state index contributed by atoms with van der Waals surface area (Å²) < 4.78 is 10.1. The highest BCUT2D eigenvalue weighted by atomic mass is 35.5. The number of rotatable bonds is 4. The minimum atomic E-state index is -0.545. The summed E-state index contributed by atoms with van der Waals surface area (Å²) in [5.74, 6) is -0.313. The predicted molar refractivity (Wildman–Crippen MR) is 99.0 cm³/mol. The third kappa shape index (κ3) is 3.47. The number of esters is 1. The summed E-state index contributed by atoms with van der Waals surface area (Å²) in [4.78, 5) is 26.6. The van der Waals surface area contributed by atoms with Crippen LogP contribution in [0.1, 0.15) is 26.7 Å². The van der Waals surface area contributed by atoms with E-state index in [-0.39, 0.29) is 16.5 Å². The van der Waals surface area contributed by atoms with Gasteiger partial charge in [0.2, 0.25) is 5.76 Å².